The van der Waals surface area contributed by atoms with Crippen molar-refractivity contribution in [1.29, 1.82) is 0 Å². The highest BCUT2D eigenvalue weighted by molar-refractivity contribution is 7.89. The Morgan fingerprint density at radius 3 is 2.24 bits per heavy atom. The van der Waals surface area contributed by atoms with Crippen LogP contribution >= 0.6 is 0 Å². The van der Waals surface area contributed by atoms with E-state index in [1.807, 2.05) is 6.92 Å². The van der Waals surface area contributed by atoms with Gasteiger partial charge in [0.15, 0.2) is 6.10 Å². The number of ether oxygens (including phenoxy) is 1. The predicted molar refractivity (Wildman–Crippen MR) is 108 cm³/mol. The van der Waals surface area contributed by atoms with Gasteiger partial charge < -0.3 is 15.4 Å². The molecule has 0 aliphatic rings. The zero-order chi connectivity index (χ0) is 22.4. The monoisotopic (exact) mass is 427 g/mol. The fourth-order valence-electron chi connectivity index (χ4n) is 2.12. The summed E-state index contributed by atoms with van der Waals surface area (Å²) in [5, 5.41) is 4.92. The number of carbonyl (C=O) groups excluding carboxylic acids is 3. The highest BCUT2D eigenvalue weighted by Crippen LogP contribution is 2.14. The third-order valence-electron chi connectivity index (χ3n) is 3.82. The van der Waals surface area contributed by atoms with Gasteiger partial charge in [-0.1, -0.05) is 6.07 Å². The Labute approximate surface area is 171 Å². The van der Waals surface area contributed by atoms with Crippen molar-refractivity contribution < 1.29 is 27.5 Å². The van der Waals surface area contributed by atoms with Gasteiger partial charge in [0.1, 0.15) is 6.54 Å². The minimum atomic E-state index is -3.86. The second-order valence-electron chi connectivity index (χ2n) is 7.72. The van der Waals surface area contributed by atoms with Crippen molar-refractivity contribution in [3.8, 4) is 0 Å². The Kier molecular flexibility index (Phi) is 8.34. The normalized spacial score (nSPS) is 12.8. The summed E-state index contributed by atoms with van der Waals surface area (Å²) in [4.78, 5) is 35.5. The maximum absolute atomic E-state index is 12.2. The van der Waals surface area contributed by atoms with Crippen LogP contribution in [0.1, 0.15) is 38.8 Å². The summed E-state index contributed by atoms with van der Waals surface area (Å²) in [5.74, 6) is -1.98. The first kappa shape index (κ1) is 24.6. The predicted octanol–water partition coefficient (Wildman–Crippen LogP) is 0.544. The van der Waals surface area contributed by atoms with Gasteiger partial charge in [0.05, 0.1) is 11.4 Å². The van der Waals surface area contributed by atoms with Crippen molar-refractivity contribution in [1.82, 2.24) is 15.4 Å². The van der Waals surface area contributed by atoms with E-state index in [1.54, 1.807) is 33.8 Å². The Balaban J connectivity index is 2.47. The first-order chi connectivity index (χ1) is 13.2. The number of rotatable bonds is 8. The standard InChI is InChI=1S/C19H29N3O6S/c1-12-7-8-15(9-13(12)2)29(26,27)21-10-16(23)20-11-17(24)28-14(3)18(25)22-19(4,5)6/h7-9,14,21H,10-11H2,1-6H3,(H,20,23)(H,22,25)/t14-/m0/s1. The Morgan fingerprint density at radius 1 is 1.07 bits per heavy atom. The summed E-state index contributed by atoms with van der Waals surface area (Å²) in [5.41, 5.74) is 1.29. The fraction of sp³-hybridized carbons (Fsp3) is 0.526. The zero-order valence-corrected chi connectivity index (χ0v) is 18.4. The van der Waals surface area contributed by atoms with Crippen molar-refractivity contribution in [2.45, 2.75) is 58.1 Å². The number of esters is 1. The molecule has 0 saturated heterocycles. The average Bonchev–Trinajstić information content (AvgIpc) is 2.59. The SMILES string of the molecule is Cc1ccc(S(=O)(=O)NCC(=O)NCC(=O)O[C@@H](C)C(=O)NC(C)(C)C)cc1C. The van der Waals surface area contributed by atoms with E-state index in [4.69, 9.17) is 4.74 Å². The quantitative estimate of drug-likeness (QED) is 0.519. The molecule has 29 heavy (non-hydrogen) atoms. The van der Waals surface area contributed by atoms with Crippen molar-refractivity contribution in [3.05, 3.63) is 29.3 Å². The van der Waals surface area contributed by atoms with Crippen LogP contribution in [0.25, 0.3) is 0 Å². The third-order valence-corrected chi connectivity index (χ3v) is 5.22. The van der Waals surface area contributed by atoms with Gasteiger partial charge in [-0.15, -0.1) is 0 Å². The molecular formula is C19H29N3O6S. The van der Waals surface area contributed by atoms with Crippen LogP contribution in [-0.2, 0) is 29.1 Å². The molecule has 0 spiro atoms. The van der Waals surface area contributed by atoms with Gasteiger partial charge in [-0.2, -0.15) is 0 Å². The lowest BCUT2D eigenvalue weighted by atomic mass is 10.1. The molecule has 162 valence electrons. The molecule has 0 aliphatic carbocycles. The fourth-order valence-corrected chi connectivity index (χ4v) is 3.19. The Morgan fingerprint density at radius 2 is 1.69 bits per heavy atom. The summed E-state index contributed by atoms with van der Waals surface area (Å²) in [7, 11) is -3.86. The van der Waals surface area contributed by atoms with E-state index < -0.39 is 52.5 Å². The van der Waals surface area contributed by atoms with E-state index >= 15 is 0 Å². The molecule has 9 nitrogen and oxygen atoms in total. The topological polar surface area (TPSA) is 131 Å². The molecule has 0 heterocycles. The first-order valence-corrected chi connectivity index (χ1v) is 10.5. The van der Waals surface area contributed by atoms with E-state index in [1.165, 1.54) is 19.1 Å². The lowest BCUT2D eigenvalue weighted by Gasteiger charge is -2.23. The van der Waals surface area contributed by atoms with Gasteiger partial charge in [-0.3, -0.25) is 14.4 Å². The van der Waals surface area contributed by atoms with Gasteiger partial charge >= 0.3 is 5.97 Å². The number of benzene rings is 1. The van der Waals surface area contributed by atoms with Crippen LogP contribution in [0.4, 0.5) is 0 Å². The lowest BCUT2D eigenvalue weighted by Crippen LogP contribution is -2.47. The van der Waals surface area contributed by atoms with E-state index in [-0.39, 0.29) is 4.90 Å². The van der Waals surface area contributed by atoms with Crippen LogP contribution in [0.2, 0.25) is 0 Å². The Bertz CT molecular complexity index is 874. The van der Waals surface area contributed by atoms with E-state index in [0.29, 0.717) is 0 Å². The molecule has 1 rings (SSSR count). The molecule has 3 N–H and O–H groups in total. The van der Waals surface area contributed by atoms with Crippen LogP contribution in [0.15, 0.2) is 23.1 Å². The highest BCUT2D eigenvalue weighted by atomic mass is 32.2. The molecule has 0 bridgehead atoms. The third kappa shape index (κ3) is 8.61. The summed E-state index contributed by atoms with van der Waals surface area (Å²) in [6, 6.07) is 4.64. The maximum Gasteiger partial charge on any atom is 0.326 e. The van der Waals surface area contributed by atoms with Gasteiger partial charge in [-0.25, -0.2) is 13.1 Å². The number of amides is 2. The van der Waals surface area contributed by atoms with Crippen molar-refractivity contribution in [2.75, 3.05) is 13.1 Å². The first-order valence-electron chi connectivity index (χ1n) is 9.06. The smallest absolute Gasteiger partial charge is 0.326 e. The summed E-state index contributed by atoms with van der Waals surface area (Å²) in [6.45, 7) is 9.41. The molecule has 2 amide bonds. The lowest BCUT2D eigenvalue weighted by molar-refractivity contribution is -0.154. The van der Waals surface area contributed by atoms with Gasteiger partial charge in [0, 0.05) is 5.54 Å². The second kappa shape index (κ2) is 9.84. The molecule has 0 aliphatic heterocycles. The molecular weight excluding hydrogens is 398 g/mol. The second-order valence-corrected chi connectivity index (χ2v) is 9.49. The van der Waals surface area contributed by atoms with Gasteiger partial charge in [0.2, 0.25) is 15.9 Å². The molecule has 0 unspecified atom stereocenters. The molecule has 0 radical (unpaired) electrons. The highest BCUT2D eigenvalue weighted by Gasteiger charge is 2.22. The molecule has 0 saturated carbocycles. The largest absolute Gasteiger partial charge is 0.451 e. The van der Waals surface area contributed by atoms with Crippen molar-refractivity contribution >= 4 is 27.8 Å². The van der Waals surface area contributed by atoms with Gasteiger partial charge in [0.25, 0.3) is 5.91 Å². The molecule has 1 aromatic rings. The van der Waals surface area contributed by atoms with E-state index in [2.05, 4.69) is 15.4 Å². The van der Waals surface area contributed by atoms with E-state index in [9.17, 15) is 22.8 Å². The van der Waals surface area contributed by atoms with Crippen LogP contribution in [0.3, 0.4) is 0 Å². The number of nitrogens with one attached hydrogen (secondary N) is 3. The molecule has 0 fully saturated rings. The maximum atomic E-state index is 12.2. The van der Waals surface area contributed by atoms with Crippen LogP contribution in [0, 0.1) is 13.8 Å². The van der Waals surface area contributed by atoms with Gasteiger partial charge in [-0.05, 0) is 64.8 Å². The van der Waals surface area contributed by atoms with Crippen LogP contribution in [-0.4, -0.2) is 50.9 Å². The van der Waals surface area contributed by atoms with Crippen LogP contribution < -0.4 is 15.4 Å². The molecule has 0 aromatic heterocycles. The summed E-state index contributed by atoms with van der Waals surface area (Å²) >= 11 is 0. The molecule has 1 atom stereocenters. The molecule has 1 aromatic carbocycles. The zero-order valence-electron chi connectivity index (χ0n) is 17.6. The number of carbonyl (C=O) groups is 3. The number of aryl methyl sites for hydroxylation is 2. The number of sulfonamides is 1. The summed E-state index contributed by atoms with van der Waals surface area (Å²) in [6.07, 6.45) is -1.03. The van der Waals surface area contributed by atoms with Crippen molar-refractivity contribution in [3.63, 3.8) is 0 Å². The minimum absolute atomic E-state index is 0.0477. The number of hydrogen-bond acceptors (Lipinski definition) is 6. The van der Waals surface area contributed by atoms with Crippen LogP contribution in [0.5, 0.6) is 0 Å². The molecule has 10 heteroatoms. The average molecular weight is 428 g/mol. The van der Waals surface area contributed by atoms with Crippen molar-refractivity contribution in [2.24, 2.45) is 0 Å². The number of hydrogen-bond donors (Lipinski definition) is 3. The van der Waals surface area contributed by atoms with E-state index in [0.717, 1.165) is 11.1 Å². The minimum Gasteiger partial charge on any atom is -0.451 e. The summed E-state index contributed by atoms with van der Waals surface area (Å²) < 4.78 is 31.6. The Hall–Kier alpha value is -2.46.